The fourth-order valence-corrected chi connectivity index (χ4v) is 2.78. The van der Waals surface area contributed by atoms with Gasteiger partial charge in [-0.2, -0.15) is 0 Å². The average Bonchev–Trinajstić information content (AvgIpc) is 2.34. The lowest BCUT2D eigenvalue weighted by Gasteiger charge is -2.32. The highest BCUT2D eigenvalue weighted by atomic mass is 79.9. The Hall–Kier alpha value is -1.14. The summed E-state index contributed by atoms with van der Waals surface area (Å²) in [6.45, 7) is 5.39. The van der Waals surface area contributed by atoms with Gasteiger partial charge in [0.05, 0.1) is 15.7 Å². The lowest BCUT2D eigenvalue weighted by Crippen LogP contribution is -2.40. The first-order chi connectivity index (χ1) is 9.29. The Kier molecular flexibility index (Phi) is 5.95. The van der Waals surface area contributed by atoms with Gasteiger partial charge in [-0.3, -0.25) is 0 Å². The van der Waals surface area contributed by atoms with E-state index in [0.29, 0.717) is 12.2 Å². The first-order valence-corrected chi connectivity index (χ1v) is 7.21. The van der Waals surface area contributed by atoms with E-state index in [4.69, 9.17) is 5.11 Å². The normalized spacial score (nSPS) is 12.6. The molecule has 0 aliphatic rings. The van der Waals surface area contributed by atoms with Crippen LogP contribution in [0, 0.1) is 5.82 Å². The first kappa shape index (κ1) is 16.9. The molecular weight excluding hydrogens is 327 g/mol. The van der Waals surface area contributed by atoms with Crippen molar-refractivity contribution in [1.29, 1.82) is 0 Å². The third kappa shape index (κ3) is 3.70. The largest absolute Gasteiger partial charge is 0.478 e. The van der Waals surface area contributed by atoms with Gasteiger partial charge in [0.1, 0.15) is 0 Å². The highest BCUT2D eigenvalue weighted by Crippen LogP contribution is 2.30. The molecule has 1 rings (SSSR count). The van der Waals surface area contributed by atoms with E-state index < -0.39 is 11.8 Å². The zero-order chi connectivity index (χ0) is 15.4. The Bertz CT molecular complexity index is 494. The molecule has 112 valence electrons. The molecule has 0 heterocycles. The van der Waals surface area contributed by atoms with E-state index in [1.165, 1.54) is 12.1 Å². The van der Waals surface area contributed by atoms with Crippen LogP contribution in [0.2, 0.25) is 0 Å². The zero-order valence-corrected chi connectivity index (χ0v) is 13.7. The standard InChI is InChI=1S/C14H20BrFN2O2/c1-5-18(9(2)8-17(3)4)11-7-6-10(14(19)20)12(15)13(11)16/h6-7,9H,5,8H2,1-4H3,(H,19,20). The second kappa shape index (κ2) is 7.04. The number of hydrogen-bond donors (Lipinski definition) is 1. The molecule has 20 heavy (non-hydrogen) atoms. The number of halogens is 2. The summed E-state index contributed by atoms with van der Waals surface area (Å²) in [5.74, 6) is -1.68. The summed E-state index contributed by atoms with van der Waals surface area (Å²) in [6.07, 6.45) is 0. The topological polar surface area (TPSA) is 43.8 Å². The maximum atomic E-state index is 14.4. The minimum Gasteiger partial charge on any atom is -0.478 e. The number of benzene rings is 1. The van der Waals surface area contributed by atoms with Gasteiger partial charge < -0.3 is 14.9 Å². The third-order valence-electron chi connectivity index (χ3n) is 3.10. The molecule has 0 amide bonds. The number of carboxylic acids is 1. The quantitative estimate of drug-likeness (QED) is 0.859. The monoisotopic (exact) mass is 346 g/mol. The molecular formula is C14H20BrFN2O2. The van der Waals surface area contributed by atoms with Gasteiger partial charge in [0.15, 0.2) is 5.82 Å². The van der Waals surface area contributed by atoms with Crippen molar-refractivity contribution >= 4 is 27.6 Å². The Labute approximate surface area is 127 Å². The second-order valence-electron chi connectivity index (χ2n) is 4.96. The van der Waals surface area contributed by atoms with Crippen LogP contribution in [0.4, 0.5) is 10.1 Å². The third-order valence-corrected chi connectivity index (χ3v) is 3.88. The van der Waals surface area contributed by atoms with Crippen LogP contribution in [0.1, 0.15) is 24.2 Å². The van der Waals surface area contributed by atoms with Crippen molar-refractivity contribution in [2.24, 2.45) is 0 Å². The number of hydrogen-bond acceptors (Lipinski definition) is 3. The smallest absolute Gasteiger partial charge is 0.336 e. The Balaban J connectivity index is 3.17. The van der Waals surface area contributed by atoms with Gasteiger partial charge in [-0.05, 0) is 56.0 Å². The van der Waals surface area contributed by atoms with Crippen molar-refractivity contribution in [3.63, 3.8) is 0 Å². The van der Waals surface area contributed by atoms with Gasteiger partial charge in [0.2, 0.25) is 0 Å². The fraction of sp³-hybridized carbons (Fsp3) is 0.500. The molecule has 1 N–H and O–H groups in total. The van der Waals surface area contributed by atoms with Crippen molar-refractivity contribution in [2.45, 2.75) is 19.9 Å². The summed E-state index contributed by atoms with van der Waals surface area (Å²) in [4.78, 5) is 14.9. The Morgan fingerprint density at radius 1 is 1.45 bits per heavy atom. The minimum absolute atomic E-state index is 0.00185. The van der Waals surface area contributed by atoms with Crippen LogP contribution < -0.4 is 4.90 Å². The number of carbonyl (C=O) groups is 1. The summed E-state index contributed by atoms with van der Waals surface area (Å²) in [5, 5.41) is 8.99. The summed E-state index contributed by atoms with van der Waals surface area (Å²) < 4.78 is 14.4. The highest BCUT2D eigenvalue weighted by Gasteiger charge is 2.22. The van der Waals surface area contributed by atoms with Crippen molar-refractivity contribution in [3.8, 4) is 0 Å². The summed E-state index contributed by atoms with van der Waals surface area (Å²) in [6, 6.07) is 3.07. The van der Waals surface area contributed by atoms with Gasteiger partial charge >= 0.3 is 5.97 Å². The summed E-state index contributed by atoms with van der Waals surface area (Å²) in [5.41, 5.74) is 0.348. The molecule has 0 aliphatic carbocycles. The summed E-state index contributed by atoms with van der Waals surface area (Å²) in [7, 11) is 3.92. The van der Waals surface area contributed by atoms with E-state index in [2.05, 4.69) is 15.9 Å². The van der Waals surface area contributed by atoms with Crippen LogP contribution in [-0.4, -0.2) is 49.2 Å². The number of anilines is 1. The molecule has 0 aromatic heterocycles. The number of aromatic carboxylic acids is 1. The molecule has 0 spiro atoms. The average molecular weight is 347 g/mol. The lowest BCUT2D eigenvalue weighted by atomic mass is 10.1. The van der Waals surface area contributed by atoms with Gasteiger partial charge in [0, 0.05) is 19.1 Å². The first-order valence-electron chi connectivity index (χ1n) is 6.42. The van der Waals surface area contributed by atoms with E-state index in [0.717, 1.165) is 6.54 Å². The van der Waals surface area contributed by atoms with E-state index in [9.17, 15) is 9.18 Å². The van der Waals surface area contributed by atoms with Gasteiger partial charge in [0.25, 0.3) is 0 Å². The predicted molar refractivity (Wildman–Crippen MR) is 82.1 cm³/mol. The van der Waals surface area contributed by atoms with E-state index in [1.54, 1.807) is 0 Å². The van der Waals surface area contributed by atoms with Crippen molar-refractivity contribution in [2.75, 3.05) is 32.1 Å². The van der Waals surface area contributed by atoms with Crippen molar-refractivity contribution in [3.05, 3.63) is 28.0 Å². The van der Waals surface area contributed by atoms with Crippen molar-refractivity contribution < 1.29 is 14.3 Å². The van der Waals surface area contributed by atoms with Crippen LogP contribution in [0.3, 0.4) is 0 Å². The molecule has 0 saturated heterocycles. The fourth-order valence-electron chi connectivity index (χ4n) is 2.27. The SMILES string of the molecule is CCN(c1ccc(C(=O)O)c(Br)c1F)C(C)CN(C)C. The molecule has 1 aromatic carbocycles. The molecule has 0 aliphatic heterocycles. The highest BCUT2D eigenvalue weighted by molar-refractivity contribution is 9.10. The minimum atomic E-state index is -1.15. The molecule has 0 radical (unpaired) electrons. The summed E-state index contributed by atoms with van der Waals surface area (Å²) >= 11 is 3.04. The van der Waals surface area contributed by atoms with E-state index in [-0.39, 0.29) is 16.1 Å². The zero-order valence-electron chi connectivity index (χ0n) is 12.2. The second-order valence-corrected chi connectivity index (χ2v) is 5.76. The van der Waals surface area contributed by atoms with Crippen LogP contribution in [0.25, 0.3) is 0 Å². The Morgan fingerprint density at radius 2 is 2.05 bits per heavy atom. The molecule has 6 heteroatoms. The van der Waals surface area contributed by atoms with E-state index in [1.807, 2.05) is 37.7 Å². The molecule has 0 bridgehead atoms. The predicted octanol–water partition coefficient (Wildman–Crippen LogP) is 3.06. The van der Waals surface area contributed by atoms with Gasteiger partial charge in [-0.25, -0.2) is 9.18 Å². The molecule has 1 aromatic rings. The van der Waals surface area contributed by atoms with Gasteiger partial charge in [-0.1, -0.05) is 0 Å². The number of nitrogens with zero attached hydrogens (tertiary/aromatic N) is 2. The van der Waals surface area contributed by atoms with Crippen LogP contribution in [0.5, 0.6) is 0 Å². The lowest BCUT2D eigenvalue weighted by molar-refractivity contribution is 0.0695. The number of rotatable bonds is 6. The molecule has 0 saturated carbocycles. The Morgan fingerprint density at radius 3 is 2.50 bits per heavy atom. The van der Waals surface area contributed by atoms with Crippen molar-refractivity contribution in [1.82, 2.24) is 4.90 Å². The maximum Gasteiger partial charge on any atom is 0.336 e. The molecule has 4 nitrogen and oxygen atoms in total. The van der Waals surface area contributed by atoms with E-state index >= 15 is 0 Å². The number of likely N-dealkylation sites (N-methyl/N-ethyl adjacent to an activating group) is 2. The van der Waals surface area contributed by atoms with Crippen LogP contribution in [0.15, 0.2) is 16.6 Å². The van der Waals surface area contributed by atoms with Crippen LogP contribution >= 0.6 is 15.9 Å². The molecule has 1 atom stereocenters. The maximum absolute atomic E-state index is 14.4. The number of carboxylic acid groups (broad SMARTS) is 1. The molecule has 0 fully saturated rings. The van der Waals surface area contributed by atoms with Gasteiger partial charge in [-0.15, -0.1) is 0 Å². The van der Waals surface area contributed by atoms with Crippen LogP contribution in [-0.2, 0) is 0 Å². The molecule has 1 unspecified atom stereocenters.